The molecule has 0 atom stereocenters. The summed E-state index contributed by atoms with van der Waals surface area (Å²) in [5.74, 6) is 0. The van der Waals surface area contributed by atoms with Crippen LogP contribution in [0.15, 0.2) is 146 Å². The van der Waals surface area contributed by atoms with Crippen molar-refractivity contribution in [2.24, 2.45) is 0 Å². The quantitative estimate of drug-likeness (QED) is 0.198. The molecule has 0 amide bonds. The molecule has 0 spiro atoms. The molecule has 3 heteroatoms. The summed E-state index contributed by atoms with van der Waals surface area (Å²) < 4.78 is 7.52. The van der Waals surface area contributed by atoms with E-state index in [-0.39, 0.29) is 0 Å². The van der Waals surface area contributed by atoms with E-state index < -0.39 is 0 Å². The average molecular weight is 565 g/mol. The molecule has 0 fully saturated rings. The van der Waals surface area contributed by atoms with E-state index in [0.717, 1.165) is 0 Å². The molecular weight excluding hydrogens is 541 g/mol. The molecule has 0 aliphatic rings. The summed E-state index contributed by atoms with van der Waals surface area (Å²) in [7, 11) is 0. The smallest absolute Gasteiger partial charge is 0.0547 e. The fraction of sp³-hybridized carbons (Fsp3) is 0. The maximum Gasteiger partial charge on any atom is 0.0547 e. The van der Waals surface area contributed by atoms with Crippen molar-refractivity contribution in [2.45, 2.75) is 0 Å². The lowest BCUT2D eigenvalue weighted by Gasteiger charge is -2.11. The van der Waals surface area contributed by atoms with Crippen LogP contribution in [0.25, 0.3) is 85.9 Å². The highest BCUT2D eigenvalue weighted by Crippen LogP contribution is 2.42. The second-order valence-electron chi connectivity index (χ2n) is 11.4. The molecule has 0 radical (unpaired) electrons. The number of benzene rings is 7. The number of thiophene rings is 1. The lowest BCUT2D eigenvalue weighted by atomic mass is 10.0. The number of fused-ring (bicyclic) bond motifs is 11. The molecule has 0 aliphatic heterocycles. The van der Waals surface area contributed by atoms with Crippen LogP contribution < -0.4 is 0 Å². The Labute approximate surface area is 251 Å². The van der Waals surface area contributed by atoms with Gasteiger partial charge in [0, 0.05) is 53.1 Å². The zero-order valence-corrected chi connectivity index (χ0v) is 24.0. The zero-order valence-electron chi connectivity index (χ0n) is 23.2. The summed E-state index contributed by atoms with van der Waals surface area (Å²) in [5, 5.41) is 10.4. The number of rotatable bonds is 2. The minimum atomic E-state index is 1.18. The Morgan fingerprint density at radius 2 is 0.977 bits per heavy atom. The SMILES string of the molecule is c1ccc(-n2c3ccccc3c3cc(-n4c5ccccc5c5cc6c(ccc7sc8ccccc8c76)cc54)ccc32)cc1. The Kier molecular flexibility index (Phi) is 4.63. The Hall–Kier alpha value is -5.38. The molecule has 0 bridgehead atoms. The standard InChI is InChI=1S/C40H24N2S/c1-2-10-26(11-3-1)41-34-15-7-4-12-28(34)32-23-27(19-20-36(32)41)42-35-16-8-5-13-29(35)33-24-31-25(22-37(33)42)18-21-39-40(31)30-14-6-9-17-38(30)43-39/h1-24H. The minimum absolute atomic E-state index is 1.18. The van der Waals surface area contributed by atoms with Crippen molar-refractivity contribution in [2.75, 3.05) is 0 Å². The van der Waals surface area contributed by atoms with Crippen molar-refractivity contribution in [3.63, 3.8) is 0 Å². The molecule has 0 saturated heterocycles. The fourth-order valence-electron chi connectivity index (χ4n) is 7.24. The first-order valence-electron chi connectivity index (χ1n) is 14.7. The van der Waals surface area contributed by atoms with Gasteiger partial charge in [-0.2, -0.15) is 0 Å². The third-order valence-corrected chi connectivity index (χ3v) is 10.2. The van der Waals surface area contributed by atoms with E-state index in [9.17, 15) is 0 Å². The van der Waals surface area contributed by atoms with Crippen molar-refractivity contribution >= 4 is 85.9 Å². The minimum Gasteiger partial charge on any atom is -0.309 e. The second kappa shape index (κ2) is 8.57. The van der Waals surface area contributed by atoms with Crippen LogP contribution in [0.3, 0.4) is 0 Å². The Balaban J connectivity index is 1.30. The predicted molar refractivity (Wildman–Crippen MR) is 186 cm³/mol. The van der Waals surface area contributed by atoms with Crippen LogP contribution in [0.4, 0.5) is 0 Å². The number of hydrogen-bond donors (Lipinski definition) is 0. The summed E-state index contributed by atoms with van der Waals surface area (Å²) in [6.45, 7) is 0. The molecule has 0 aliphatic carbocycles. The van der Waals surface area contributed by atoms with Gasteiger partial charge in [-0.15, -0.1) is 11.3 Å². The van der Waals surface area contributed by atoms with Crippen molar-refractivity contribution in [3.8, 4) is 11.4 Å². The summed E-state index contributed by atoms with van der Waals surface area (Å²) in [4.78, 5) is 0. The molecule has 0 N–H and O–H groups in total. The van der Waals surface area contributed by atoms with Gasteiger partial charge in [0.15, 0.2) is 0 Å². The molecular formula is C40H24N2S. The van der Waals surface area contributed by atoms with Crippen LogP contribution in [-0.2, 0) is 0 Å². The monoisotopic (exact) mass is 564 g/mol. The van der Waals surface area contributed by atoms with Crippen LogP contribution >= 0.6 is 11.3 Å². The van der Waals surface area contributed by atoms with Gasteiger partial charge in [-0.1, -0.05) is 78.9 Å². The van der Waals surface area contributed by atoms with E-state index in [1.165, 1.54) is 85.9 Å². The summed E-state index contributed by atoms with van der Waals surface area (Å²) in [6.07, 6.45) is 0. The van der Waals surface area contributed by atoms with Gasteiger partial charge in [0.25, 0.3) is 0 Å². The molecule has 10 rings (SSSR count). The molecule has 0 unspecified atom stereocenters. The first kappa shape index (κ1) is 23.2. The Morgan fingerprint density at radius 1 is 0.349 bits per heavy atom. The highest BCUT2D eigenvalue weighted by atomic mass is 32.1. The third kappa shape index (κ3) is 3.17. The molecule has 3 aromatic heterocycles. The number of para-hydroxylation sites is 3. The first-order valence-corrected chi connectivity index (χ1v) is 15.5. The number of hydrogen-bond acceptors (Lipinski definition) is 1. The van der Waals surface area contributed by atoms with Gasteiger partial charge in [0.05, 0.1) is 22.1 Å². The van der Waals surface area contributed by atoms with Crippen LogP contribution in [0.5, 0.6) is 0 Å². The van der Waals surface area contributed by atoms with Crippen molar-refractivity contribution in [1.29, 1.82) is 0 Å². The fourth-order valence-corrected chi connectivity index (χ4v) is 8.37. The Bertz CT molecular complexity index is 2720. The van der Waals surface area contributed by atoms with Gasteiger partial charge >= 0.3 is 0 Å². The predicted octanol–water partition coefficient (Wildman–Crippen LogP) is 11.4. The van der Waals surface area contributed by atoms with Gasteiger partial charge in [0.1, 0.15) is 0 Å². The van der Waals surface area contributed by atoms with Gasteiger partial charge in [-0.05, 0) is 77.5 Å². The van der Waals surface area contributed by atoms with Crippen molar-refractivity contribution in [1.82, 2.24) is 9.13 Å². The van der Waals surface area contributed by atoms with Gasteiger partial charge in [-0.25, -0.2) is 0 Å². The molecule has 7 aromatic carbocycles. The molecule has 200 valence electrons. The largest absolute Gasteiger partial charge is 0.309 e. The normalized spacial score (nSPS) is 12.2. The zero-order chi connectivity index (χ0) is 28.1. The molecule has 10 aromatic rings. The van der Waals surface area contributed by atoms with E-state index in [2.05, 4.69) is 155 Å². The van der Waals surface area contributed by atoms with Gasteiger partial charge < -0.3 is 9.13 Å². The lowest BCUT2D eigenvalue weighted by molar-refractivity contribution is 1.17. The third-order valence-electron chi connectivity index (χ3n) is 9.08. The van der Waals surface area contributed by atoms with Gasteiger partial charge in [0.2, 0.25) is 0 Å². The van der Waals surface area contributed by atoms with Crippen molar-refractivity contribution in [3.05, 3.63) is 146 Å². The topological polar surface area (TPSA) is 9.86 Å². The molecule has 0 saturated carbocycles. The highest BCUT2D eigenvalue weighted by Gasteiger charge is 2.18. The van der Waals surface area contributed by atoms with E-state index in [0.29, 0.717) is 0 Å². The van der Waals surface area contributed by atoms with Crippen molar-refractivity contribution < 1.29 is 0 Å². The average Bonchev–Trinajstić information content (AvgIpc) is 3.71. The summed E-state index contributed by atoms with van der Waals surface area (Å²) >= 11 is 1.88. The summed E-state index contributed by atoms with van der Waals surface area (Å²) in [5.41, 5.74) is 7.26. The van der Waals surface area contributed by atoms with Gasteiger partial charge in [-0.3, -0.25) is 0 Å². The van der Waals surface area contributed by atoms with E-state index in [4.69, 9.17) is 0 Å². The highest BCUT2D eigenvalue weighted by molar-refractivity contribution is 7.26. The van der Waals surface area contributed by atoms with Crippen LogP contribution in [-0.4, -0.2) is 9.13 Å². The lowest BCUT2D eigenvalue weighted by Crippen LogP contribution is -1.95. The van der Waals surface area contributed by atoms with E-state index >= 15 is 0 Å². The van der Waals surface area contributed by atoms with E-state index in [1.54, 1.807) is 0 Å². The van der Waals surface area contributed by atoms with Crippen LogP contribution in [0, 0.1) is 0 Å². The van der Waals surface area contributed by atoms with Crippen LogP contribution in [0.1, 0.15) is 0 Å². The second-order valence-corrected chi connectivity index (χ2v) is 12.5. The maximum atomic E-state index is 2.45. The van der Waals surface area contributed by atoms with Crippen LogP contribution in [0.2, 0.25) is 0 Å². The first-order chi connectivity index (χ1) is 21.3. The number of nitrogens with zero attached hydrogens (tertiary/aromatic N) is 2. The molecule has 3 heterocycles. The van der Waals surface area contributed by atoms with E-state index in [1.807, 2.05) is 11.3 Å². The number of aromatic nitrogens is 2. The molecule has 2 nitrogen and oxygen atoms in total. The Morgan fingerprint density at radius 3 is 1.77 bits per heavy atom. The molecule has 43 heavy (non-hydrogen) atoms. The maximum absolute atomic E-state index is 2.45. The summed E-state index contributed by atoms with van der Waals surface area (Å²) in [6, 6.07) is 53.4.